The summed E-state index contributed by atoms with van der Waals surface area (Å²) in [6, 6.07) is 8.73. The number of aryl methyl sites for hydroxylation is 1. The highest BCUT2D eigenvalue weighted by atomic mass is 16.5. The van der Waals surface area contributed by atoms with Crippen molar-refractivity contribution >= 4 is 5.96 Å². The van der Waals surface area contributed by atoms with Crippen molar-refractivity contribution in [1.29, 1.82) is 0 Å². The third-order valence-corrected chi connectivity index (χ3v) is 5.28. The van der Waals surface area contributed by atoms with Crippen molar-refractivity contribution in [3.63, 3.8) is 0 Å². The second kappa shape index (κ2) is 12.8. The topological polar surface area (TPSA) is 58.1 Å². The van der Waals surface area contributed by atoms with Gasteiger partial charge in [-0.2, -0.15) is 0 Å². The van der Waals surface area contributed by atoms with Crippen LogP contribution in [0.3, 0.4) is 0 Å². The van der Waals surface area contributed by atoms with Gasteiger partial charge in [-0.15, -0.1) is 0 Å². The van der Waals surface area contributed by atoms with Crippen LogP contribution in [0.2, 0.25) is 0 Å². The zero-order chi connectivity index (χ0) is 20.2. The van der Waals surface area contributed by atoms with E-state index < -0.39 is 0 Å². The number of nitrogens with zero attached hydrogens (tertiary/aromatic N) is 2. The van der Waals surface area contributed by atoms with Gasteiger partial charge in [0.1, 0.15) is 0 Å². The van der Waals surface area contributed by atoms with Crippen LogP contribution in [0.1, 0.15) is 36.5 Å². The first-order chi connectivity index (χ1) is 13.6. The number of nitrogens with one attached hydrogen (secondary N) is 2. The summed E-state index contributed by atoms with van der Waals surface area (Å²) in [5, 5.41) is 6.91. The quantitative estimate of drug-likeness (QED) is 0.365. The molecule has 158 valence electrons. The molecule has 0 radical (unpaired) electrons. The lowest BCUT2D eigenvalue weighted by Gasteiger charge is -2.32. The van der Waals surface area contributed by atoms with E-state index in [4.69, 9.17) is 9.47 Å². The average molecular weight is 391 g/mol. The van der Waals surface area contributed by atoms with Gasteiger partial charge in [0, 0.05) is 59.5 Å². The van der Waals surface area contributed by atoms with Crippen LogP contribution in [0.4, 0.5) is 0 Å². The molecule has 0 aromatic heterocycles. The zero-order valence-corrected chi connectivity index (χ0v) is 18.0. The Kier molecular flexibility index (Phi) is 10.3. The van der Waals surface area contributed by atoms with E-state index >= 15 is 0 Å². The molecule has 1 fully saturated rings. The third-order valence-electron chi connectivity index (χ3n) is 5.28. The normalized spacial score (nSPS) is 20.4. The van der Waals surface area contributed by atoms with E-state index in [0.717, 1.165) is 58.2 Å². The van der Waals surface area contributed by atoms with Gasteiger partial charge in [0.2, 0.25) is 0 Å². The van der Waals surface area contributed by atoms with E-state index in [1.54, 1.807) is 7.11 Å². The maximum Gasteiger partial charge on any atom is 0.191 e. The standard InChI is InChI=1S/C22H38N4O2/c1-18-8-10-19(11-9-18)21-20(7-5-16-28-21)17-25-22(23-2)24-12-14-26(3)13-6-15-27-4/h8-11,20-21H,5-7,12-17H2,1-4H3,(H2,23,24,25). The van der Waals surface area contributed by atoms with Gasteiger partial charge in [-0.25, -0.2) is 0 Å². The predicted molar refractivity (Wildman–Crippen MR) is 116 cm³/mol. The number of hydrogen-bond acceptors (Lipinski definition) is 4. The summed E-state index contributed by atoms with van der Waals surface area (Å²) in [4.78, 5) is 6.68. The van der Waals surface area contributed by atoms with Crippen molar-refractivity contribution in [1.82, 2.24) is 15.5 Å². The summed E-state index contributed by atoms with van der Waals surface area (Å²) in [6.45, 7) is 7.52. The molecule has 0 bridgehead atoms. The average Bonchev–Trinajstić information content (AvgIpc) is 2.71. The molecule has 6 nitrogen and oxygen atoms in total. The molecule has 0 saturated carbocycles. The molecular weight excluding hydrogens is 352 g/mol. The summed E-state index contributed by atoms with van der Waals surface area (Å²) in [5.41, 5.74) is 2.56. The first kappa shape index (κ1) is 22.7. The second-order valence-electron chi connectivity index (χ2n) is 7.63. The molecule has 0 aliphatic carbocycles. The monoisotopic (exact) mass is 390 g/mol. The summed E-state index contributed by atoms with van der Waals surface area (Å²) >= 11 is 0. The lowest BCUT2D eigenvalue weighted by Crippen LogP contribution is -2.44. The van der Waals surface area contributed by atoms with Crippen LogP contribution in [0.25, 0.3) is 0 Å². The maximum absolute atomic E-state index is 6.12. The first-order valence-electron chi connectivity index (χ1n) is 10.4. The number of likely N-dealkylation sites (N-methyl/N-ethyl adjacent to an activating group) is 1. The van der Waals surface area contributed by atoms with Crippen molar-refractivity contribution < 1.29 is 9.47 Å². The van der Waals surface area contributed by atoms with E-state index in [1.807, 2.05) is 7.05 Å². The van der Waals surface area contributed by atoms with Crippen LogP contribution in [0.15, 0.2) is 29.3 Å². The lowest BCUT2D eigenvalue weighted by molar-refractivity contribution is -0.0265. The van der Waals surface area contributed by atoms with Gasteiger partial charge in [-0.1, -0.05) is 29.8 Å². The van der Waals surface area contributed by atoms with E-state index in [0.29, 0.717) is 5.92 Å². The molecule has 1 aliphatic heterocycles. The fraction of sp³-hybridized carbons (Fsp3) is 0.682. The molecule has 1 aromatic carbocycles. The highest BCUT2D eigenvalue weighted by molar-refractivity contribution is 5.79. The molecule has 6 heteroatoms. The molecule has 2 atom stereocenters. The van der Waals surface area contributed by atoms with Crippen LogP contribution >= 0.6 is 0 Å². The third kappa shape index (κ3) is 7.78. The number of hydrogen-bond donors (Lipinski definition) is 2. The molecule has 1 aliphatic rings. The zero-order valence-electron chi connectivity index (χ0n) is 18.0. The minimum absolute atomic E-state index is 0.159. The molecule has 2 rings (SSSR count). The summed E-state index contributed by atoms with van der Waals surface area (Å²) in [5.74, 6) is 1.31. The number of aliphatic imine (C=N–C) groups is 1. The van der Waals surface area contributed by atoms with Crippen LogP contribution < -0.4 is 10.6 Å². The smallest absolute Gasteiger partial charge is 0.191 e. The Bertz CT molecular complexity index is 576. The lowest BCUT2D eigenvalue weighted by atomic mass is 9.89. The number of ether oxygens (including phenoxy) is 2. The largest absolute Gasteiger partial charge is 0.385 e. The van der Waals surface area contributed by atoms with Crippen LogP contribution in [0.5, 0.6) is 0 Å². The Hall–Kier alpha value is -1.63. The summed E-state index contributed by atoms with van der Waals surface area (Å²) in [6.07, 6.45) is 3.51. The summed E-state index contributed by atoms with van der Waals surface area (Å²) in [7, 11) is 5.71. The van der Waals surface area contributed by atoms with Crippen molar-refractivity contribution in [3.05, 3.63) is 35.4 Å². The number of benzene rings is 1. The minimum atomic E-state index is 0.159. The SMILES string of the molecule is CN=C(NCCN(C)CCCOC)NCC1CCCOC1c1ccc(C)cc1. The Morgan fingerprint density at radius 1 is 1.25 bits per heavy atom. The molecular formula is C22H38N4O2. The Labute approximate surface area is 170 Å². The van der Waals surface area contributed by atoms with Crippen LogP contribution in [-0.2, 0) is 9.47 Å². The number of methoxy groups -OCH3 is 1. The van der Waals surface area contributed by atoms with Gasteiger partial charge in [0.15, 0.2) is 5.96 Å². The van der Waals surface area contributed by atoms with E-state index in [2.05, 4.69) is 58.8 Å². The van der Waals surface area contributed by atoms with Gasteiger partial charge in [-0.05, 0) is 38.8 Å². The van der Waals surface area contributed by atoms with Gasteiger partial charge < -0.3 is 25.0 Å². The van der Waals surface area contributed by atoms with Crippen molar-refractivity contribution in [2.24, 2.45) is 10.9 Å². The molecule has 1 saturated heterocycles. The highest BCUT2D eigenvalue weighted by Crippen LogP contribution is 2.33. The highest BCUT2D eigenvalue weighted by Gasteiger charge is 2.27. The van der Waals surface area contributed by atoms with Gasteiger partial charge in [0.25, 0.3) is 0 Å². The Morgan fingerprint density at radius 2 is 2.04 bits per heavy atom. The summed E-state index contributed by atoms with van der Waals surface area (Å²) < 4.78 is 11.2. The van der Waals surface area contributed by atoms with Crippen molar-refractivity contribution in [2.75, 3.05) is 60.6 Å². The van der Waals surface area contributed by atoms with Gasteiger partial charge in [-0.3, -0.25) is 4.99 Å². The molecule has 0 amide bonds. The van der Waals surface area contributed by atoms with E-state index in [9.17, 15) is 0 Å². The molecule has 1 aromatic rings. The molecule has 0 spiro atoms. The Balaban J connectivity index is 1.76. The molecule has 2 N–H and O–H groups in total. The molecule has 2 unspecified atom stereocenters. The first-order valence-corrected chi connectivity index (χ1v) is 10.4. The van der Waals surface area contributed by atoms with Crippen molar-refractivity contribution in [3.8, 4) is 0 Å². The number of guanidine groups is 1. The fourth-order valence-electron chi connectivity index (χ4n) is 3.58. The van der Waals surface area contributed by atoms with E-state index in [1.165, 1.54) is 17.5 Å². The van der Waals surface area contributed by atoms with E-state index in [-0.39, 0.29) is 6.10 Å². The maximum atomic E-state index is 6.12. The minimum Gasteiger partial charge on any atom is -0.385 e. The molecule has 1 heterocycles. The predicted octanol–water partition coefficient (Wildman–Crippen LogP) is 2.60. The van der Waals surface area contributed by atoms with Gasteiger partial charge in [0.05, 0.1) is 6.10 Å². The fourth-order valence-corrected chi connectivity index (χ4v) is 3.58. The van der Waals surface area contributed by atoms with Crippen LogP contribution in [-0.4, -0.2) is 71.5 Å². The number of rotatable bonds is 10. The van der Waals surface area contributed by atoms with Crippen molar-refractivity contribution in [2.45, 2.75) is 32.3 Å². The van der Waals surface area contributed by atoms with Crippen LogP contribution in [0, 0.1) is 12.8 Å². The van der Waals surface area contributed by atoms with Gasteiger partial charge >= 0.3 is 0 Å². The Morgan fingerprint density at radius 3 is 2.75 bits per heavy atom. The molecule has 28 heavy (non-hydrogen) atoms. The second-order valence-corrected chi connectivity index (χ2v) is 7.63.